The Hall–Kier alpha value is -1.74. The molecule has 0 fully saturated rings. The summed E-state index contributed by atoms with van der Waals surface area (Å²) in [6, 6.07) is 7.92. The van der Waals surface area contributed by atoms with Gasteiger partial charge in [0.05, 0.1) is 19.1 Å². The summed E-state index contributed by atoms with van der Waals surface area (Å²) in [7, 11) is 0. The molecule has 0 aliphatic carbocycles. The van der Waals surface area contributed by atoms with Crippen molar-refractivity contribution in [2.24, 2.45) is 0 Å². The van der Waals surface area contributed by atoms with Gasteiger partial charge in [-0.2, -0.15) is 0 Å². The fourth-order valence-electron chi connectivity index (χ4n) is 1.37. The van der Waals surface area contributed by atoms with E-state index in [9.17, 15) is 0 Å². The molecule has 3 heteroatoms. The van der Waals surface area contributed by atoms with E-state index in [4.69, 9.17) is 8.83 Å². The molecule has 0 amide bonds. The molecule has 0 bridgehead atoms. The summed E-state index contributed by atoms with van der Waals surface area (Å²) in [6.45, 7) is 2.82. The summed E-state index contributed by atoms with van der Waals surface area (Å²) >= 11 is 0. The zero-order valence-corrected chi connectivity index (χ0v) is 9.22. The second kappa shape index (κ2) is 5.37. The van der Waals surface area contributed by atoms with Gasteiger partial charge in [-0.1, -0.05) is 6.08 Å². The lowest BCUT2D eigenvalue weighted by molar-refractivity contribution is 0.474. The van der Waals surface area contributed by atoms with Crippen LogP contribution in [0, 0.1) is 0 Å². The molecule has 0 aliphatic heterocycles. The first-order valence-electron chi connectivity index (χ1n) is 5.32. The zero-order valence-electron chi connectivity index (χ0n) is 9.22. The van der Waals surface area contributed by atoms with Crippen molar-refractivity contribution in [2.75, 3.05) is 0 Å². The average molecular weight is 217 g/mol. The van der Waals surface area contributed by atoms with Crippen LogP contribution in [0.1, 0.15) is 18.4 Å². The molecule has 0 radical (unpaired) electrons. The maximum Gasteiger partial charge on any atom is 0.126 e. The Morgan fingerprint density at radius 2 is 2.06 bits per heavy atom. The van der Waals surface area contributed by atoms with Gasteiger partial charge in [-0.05, 0) is 37.3 Å². The van der Waals surface area contributed by atoms with Gasteiger partial charge in [0.1, 0.15) is 11.5 Å². The van der Waals surface area contributed by atoms with Crippen molar-refractivity contribution in [1.29, 1.82) is 0 Å². The van der Waals surface area contributed by atoms with Gasteiger partial charge in [-0.25, -0.2) is 0 Å². The van der Waals surface area contributed by atoms with Crippen molar-refractivity contribution < 1.29 is 8.83 Å². The van der Waals surface area contributed by atoms with E-state index in [1.54, 1.807) is 12.5 Å². The largest absolute Gasteiger partial charge is 0.468 e. The lowest BCUT2D eigenvalue weighted by Crippen LogP contribution is -2.22. The third-order valence-electron chi connectivity index (χ3n) is 2.27. The van der Waals surface area contributed by atoms with Crippen LogP contribution in [0.5, 0.6) is 0 Å². The molecule has 84 valence electrons. The summed E-state index contributed by atoms with van der Waals surface area (Å²) in [5.41, 5.74) is 0. The summed E-state index contributed by atoms with van der Waals surface area (Å²) in [5.74, 6) is 1.81. The molecule has 0 saturated carbocycles. The minimum absolute atomic E-state index is 0.273. The Morgan fingerprint density at radius 1 is 1.25 bits per heavy atom. The van der Waals surface area contributed by atoms with Crippen LogP contribution in [-0.2, 0) is 6.54 Å². The van der Waals surface area contributed by atoms with Crippen LogP contribution in [-0.4, -0.2) is 6.04 Å². The van der Waals surface area contributed by atoms with Crippen LogP contribution < -0.4 is 5.32 Å². The van der Waals surface area contributed by atoms with E-state index in [0.29, 0.717) is 0 Å². The Morgan fingerprint density at radius 3 is 2.75 bits per heavy atom. The van der Waals surface area contributed by atoms with Crippen molar-refractivity contribution in [2.45, 2.75) is 19.5 Å². The summed E-state index contributed by atoms with van der Waals surface area (Å²) < 4.78 is 10.4. The normalized spacial score (nSPS) is 13.3. The van der Waals surface area contributed by atoms with Gasteiger partial charge in [0.2, 0.25) is 0 Å². The molecule has 1 unspecified atom stereocenters. The van der Waals surface area contributed by atoms with E-state index >= 15 is 0 Å². The highest BCUT2D eigenvalue weighted by Crippen LogP contribution is 2.04. The summed E-state index contributed by atoms with van der Waals surface area (Å²) in [5, 5.41) is 3.33. The van der Waals surface area contributed by atoms with Gasteiger partial charge in [-0.3, -0.25) is 0 Å². The van der Waals surface area contributed by atoms with E-state index in [-0.39, 0.29) is 6.04 Å². The second-order valence-corrected chi connectivity index (χ2v) is 3.62. The van der Waals surface area contributed by atoms with Crippen LogP contribution in [0.4, 0.5) is 0 Å². The van der Waals surface area contributed by atoms with Crippen molar-refractivity contribution in [3.8, 4) is 0 Å². The highest BCUT2D eigenvalue weighted by Gasteiger charge is 1.99. The van der Waals surface area contributed by atoms with Gasteiger partial charge < -0.3 is 14.2 Å². The molecule has 2 aromatic rings. The minimum Gasteiger partial charge on any atom is -0.468 e. The predicted molar refractivity (Wildman–Crippen MR) is 62.8 cm³/mol. The monoisotopic (exact) mass is 217 g/mol. The molecular weight excluding hydrogens is 202 g/mol. The van der Waals surface area contributed by atoms with E-state index in [1.165, 1.54) is 0 Å². The number of hydrogen-bond acceptors (Lipinski definition) is 3. The number of nitrogens with one attached hydrogen (secondary N) is 1. The molecule has 1 atom stereocenters. The quantitative estimate of drug-likeness (QED) is 0.836. The Labute approximate surface area is 94.8 Å². The zero-order chi connectivity index (χ0) is 11.2. The highest BCUT2D eigenvalue weighted by molar-refractivity contribution is 5.42. The molecule has 1 N–H and O–H groups in total. The first-order chi connectivity index (χ1) is 7.84. The Balaban J connectivity index is 1.78. The molecule has 2 rings (SSSR count). The number of hydrogen-bond donors (Lipinski definition) is 1. The van der Waals surface area contributed by atoms with Gasteiger partial charge in [0.15, 0.2) is 0 Å². The molecule has 2 heterocycles. The molecular formula is C13H15NO2. The molecule has 0 aliphatic rings. The van der Waals surface area contributed by atoms with Gasteiger partial charge in [0, 0.05) is 6.04 Å². The summed E-state index contributed by atoms with van der Waals surface area (Å²) in [6.07, 6.45) is 7.36. The maximum absolute atomic E-state index is 5.23. The third-order valence-corrected chi connectivity index (χ3v) is 2.27. The fourth-order valence-corrected chi connectivity index (χ4v) is 1.37. The highest BCUT2D eigenvalue weighted by atomic mass is 16.3. The molecule has 3 nitrogen and oxygen atoms in total. The predicted octanol–water partition coefficient (Wildman–Crippen LogP) is 3.06. The van der Waals surface area contributed by atoms with Crippen molar-refractivity contribution >= 4 is 6.08 Å². The number of rotatable bonds is 5. The Kier molecular flexibility index (Phi) is 3.62. The van der Waals surface area contributed by atoms with Crippen molar-refractivity contribution in [3.05, 3.63) is 54.4 Å². The van der Waals surface area contributed by atoms with E-state index in [2.05, 4.69) is 18.3 Å². The first-order valence-corrected chi connectivity index (χ1v) is 5.32. The SMILES string of the molecule is CC(/C=C/c1ccco1)NCc1ccco1. The second-order valence-electron chi connectivity index (χ2n) is 3.62. The van der Waals surface area contributed by atoms with Crippen LogP contribution >= 0.6 is 0 Å². The molecule has 0 saturated heterocycles. The maximum atomic E-state index is 5.23. The van der Waals surface area contributed by atoms with Crippen molar-refractivity contribution in [1.82, 2.24) is 5.32 Å². The molecule has 0 spiro atoms. The topological polar surface area (TPSA) is 38.3 Å². The molecule has 0 aromatic carbocycles. The standard InChI is InChI=1S/C13H15NO2/c1-11(6-7-12-4-2-8-15-12)14-10-13-5-3-9-16-13/h2-9,11,14H,10H2,1H3/b7-6+. The first kappa shape index (κ1) is 10.8. The fraction of sp³-hybridized carbons (Fsp3) is 0.231. The number of furan rings is 2. The summed E-state index contributed by atoms with van der Waals surface area (Å²) in [4.78, 5) is 0. The average Bonchev–Trinajstić information content (AvgIpc) is 2.96. The van der Waals surface area contributed by atoms with E-state index < -0.39 is 0 Å². The van der Waals surface area contributed by atoms with Gasteiger partial charge in [-0.15, -0.1) is 0 Å². The van der Waals surface area contributed by atoms with E-state index in [0.717, 1.165) is 18.1 Å². The molecule has 2 aromatic heterocycles. The lowest BCUT2D eigenvalue weighted by atomic mass is 10.2. The smallest absolute Gasteiger partial charge is 0.126 e. The lowest BCUT2D eigenvalue weighted by Gasteiger charge is -2.06. The van der Waals surface area contributed by atoms with Crippen LogP contribution in [0.2, 0.25) is 0 Å². The van der Waals surface area contributed by atoms with Gasteiger partial charge >= 0.3 is 0 Å². The minimum atomic E-state index is 0.273. The van der Waals surface area contributed by atoms with Crippen molar-refractivity contribution in [3.63, 3.8) is 0 Å². The third kappa shape index (κ3) is 3.14. The van der Waals surface area contributed by atoms with E-state index in [1.807, 2.05) is 30.3 Å². The molecule has 16 heavy (non-hydrogen) atoms. The van der Waals surface area contributed by atoms with Crippen LogP contribution in [0.3, 0.4) is 0 Å². The van der Waals surface area contributed by atoms with Gasteiger partial charge in [0.25, 0.3) is 0 Å². The van der Waals surface area contributed by atoms with Crippen LogP contribution in [0.25, 0.3) is 6.08 Å². The Bertz CT molecular complexity index is 415. The van der Waals surface area contributed by atoms with Crippen LogP contribution in [0.15, 0.2) is 51.7 Å².